The topological polar surface area (TPSA) is 89.0 Å². The lowest BCUT2D eigenvalue weighted by atomic mass is 9.94. The monoisotopic (exact) mass is 407 g/mol. The molecule has 0 aliphatic rings. The van der Waals surface area contributed by atoms with Gasteiger partial charge in [-0.2, -0.15) is 5.10 Å². The van der Waals surface area contributed by atoms with Crippen molar-refractivity contribution in [3.63, 3.8) is 0 Å². The van der Waals surface area contributed by atoms with Crippen LogP contribution in [0.25, 0.3) is 0 Å². The van der Waals surface area contributed by atoms with Crippen molar-refractivity contribution < 1.29 is 19.1 Å². The first-order chi connectivity index (χ1) is 14.4. The predicted octanol–water partition coefficient (Wildman–Crippen LogP) is 3.07. The number of hydrazone groups is 1. The lowest BCUT2D eigenvalue weighted by Gasteiger charge is -2.18. The van der Waals surface area contributed by atoms with E-state index in [1.807, 2.05) is 0 Å². The van der Waals surface area contributed by atoms with Gasteiger partial charge in [0, 0.05) is 5.69 Å². The molecule has 1 atom stereocenters. The van der Waals surface area contributed by atoms with Crippen molar-refractivity contribution in [2.45, 2.75) is 13.8 Å². The van der Waals surface area contributed by atoms with Gasteiger partial charge in [-0.1, -0.05) is 19.8 Å². The Hall–Kier alpha value is -3.79. The lowest BCUT2D eigenvalue weighted by molar-refractivity contribution is -0.134. The first kappa shape index (κ1) is 22.5. The van der Waals surface area contributed by atoms with Crippen molar-refractivity contribution in [3.8, 4) is 23.8 Å². The van der Waals surface area contributed by atoms with Crippen molar-refractivity contribution in [1.29, 1.82) is 0 Å². The number of hydrogen-bond acceptors (Lipinski definition) is 5. The van der Waals surface area contributed by atoms with Gasteiger partial charge in [-0.25, -0.2) is 5.43 Å². The lowest BCUT2D eigenvalue weighted by Crippen LogP contribution is -2.39. The minimum absolute atomic E-state index is 0.193. The van der Waals surface area contributed by atoms with Crippen LogP contribution in [0.15, 0.2) is 53.6 Å². The molecule has 2 aromatic rings. The number of benzene rings is 2. The van der Waals surface area contributed by atoms with Gasteiger partial charge >= 0.3 is 0 Å². The van der Waals surface area contributed by atoms with E-state index in [-0.39, 0.29) is 12.5 Å². The molecule has 2 N–H and O–H groups in total. The van der Waals surface area contributed by atoms with E-state index in [0.717, 1.165) is 5.56 Å². The minimum atomic E-state index is -0.899. The second kappa shape index (κ2) is 11.3. The zero-order chi connectivity index (χ0) is 21.9. The summed E-state index contributed by atoms with van der Waals surface area (Å²) >= 11 is 0. The van der Waals surface area contributed by atoms with E-state index in [1.54, 1.807) is 69.5 Å². The minimum Gasteiger partial charge on any atom is -0.497 e. The molecule has 0 heterocycles. The fourth-order valence-electron chi connectivity index (χ4n) is 2.63. The maximum absolute atomic E-state index is 12.6. The quantitative estimate of drug-likeness (QED) is 0.289. The Morgan fingerprint density at radius 3 is 2.27 bits per heavy atom. The molecule has 2 aromatic carbocycles. The average Bonchev–Trinajstić information content (AvgIpc) is 2.73. The summed E-state index contributed by atoms with van der Waals surface area (Å²) in [5.74, 6) is 1.71. The number of ether oxygens (including phenoxy) is 2. The maximum Gasteiger partial charge on any atom is 0.252 e. The van der Waals surface area contributed by atoms with Crippen LogP contribution >= 0.6 is 0 Å². The smallest absolute Gasteiger partial charge is 0.252 e. The summed E-state index contributed by atoms with van der Waals surface area (Å²) in [4.78, 5) is 25.2. The normalized spacial score (nSPS) is 11.6. The first-order valence-electron chi connectivity index (χ1n) is 9.38. The standard InChI is InChI=1S/C23H25N3O4/c1-5-14-30-20-10-6-17(7-11-20)15-24-26-23(28)21(16(2)3)22(27)25-18-8-12-19(29-4)13-9-18/h1,6-13,15-16,21H,14H2,2-4H3,(H,25,27)(H,26,28). The summed E-state index contributed by atoms with van der Waals surface area (Å²) < 4.78 is 10.4. The molecule has 0 saturated carbocycles. The van der Waals surface area contributed by atoms with Gasteiger partial charge in [0.2, 0.25) is 5.91 Å². The molecule has 0 aliphatic carbocycles. The summed E-state index contributed by atoms with van der Waals surface area (Å²) in [7, 11) is 1.56. The third kappa shape index (κ3) is 6.67. The number of amides is 2. The molecule has 0 saturated heterocycles. The SMILES string of the molecule is C#CCOc1ccc(C=NNC(=O)C(C(=O)Nc2ccc(OC)cc2)C(C)C)cc1. The van der Waals surface area contributed by atoms with Crippen LogP contribution in [0.4, 0.5) is 5.69 Å². The molecule has 7 nitrogen and oxygen atoms in total. The van der Waals surface area contributed by atoms with Crippen molar-refractivity contribution in [2.75, 3.05) is 19.0 Å². The van der Waals surface area contributed by atoms with Gasteiger partial charge in [0.15, 0.2) is 0 Å². The Kier molecular flexibility index (Phi) is 8.45. The number of carbonyl (C=O) groups is 2. The molecule has 2 amide bonds. The van der Waals surface area contributed by atoms with Crippen molar-refractivity contribution in [3.05, 3.63) is 54.1 Å². The highest BCUT2D eigenvalue weighted by Gasteiger charge is 2.29. The van der Waals surface area contributed by atoms with E-state index >= 15 is 0 Å². The highest BCUT2D eigenvalue weighted by atomic mass is 16.5. The molecule has 0 spiro atoms. The number of anilines is 1. The highest BCUT2D eigenvalue weighted by molar-refractivity contribution is 6.06. The average molecular weight is 407 g/mol. The van der Waals surface area contributed by atoms with Crippen molar-refractivity contribution in [1.82, 2.24) is 5.43 Å². The number of methoxy groups -OCH3 is 1. The van der Waals surface area contributed by atoms with Gasteiger partial charge in [-0.05, 0) is 60.0 Å². The van der Waals surface area contributed by atoms with Gasteiger partial charge in [0.05, 0.1) is 13.3 Å². The summed E-state index contributed by atoms with van der Waals surface area (Å²) in [6.45, 7) is 3.80. The molecule has 2 rings (SSSR count). The van der Waals surface area contributed by atoms with Crippen molar-refractivity contribution in [2.24, 2.45) is 16.9 Å². The molecule has 156 valence electrons. The summed E-state index contributed by atoms with van der Waals surface area (Å²) in [6, 6.07) is 13.9. The van der Waals surface area contributed by atoms with Crippen LogP contribution in [0.3, 0.4) is 0 Å². The maximum atomic E-state index is 12.6. The first-order valence-corrected chi connectivity index (χ1v) is 9.38. The molecule has 0 aliphatic heterocycles. The Morgan fingerprint density at radius 2 is 1.70 bits per heavy atom. The summed E-state index contributed by atoms with van der Waals surface area (Å²) in [6.07, 6.45) is 6.64. The third-order valence-electron chi connectivity index (χ3n) is 4.18. The van der Waals surface area contributed by atoms with E-state index in [0.29, 0.717) is 17.2 Å². The second-order valence-corrected chi connectivity index (χ2v) is 6.74. The van der Waals surface area contributed by atoms with Crippen LogP contribution in [0.1, 0.15) is 19.4 Å². The molecule has 1 unspecified atom stereocenters. The largest absolute Gasteiger partial charge is 0.497 e. The molecule has 7 heteroatoms. The molecule has 0 bridgehead atoms. The number of terminal acetylenes is 1. The van der Waals surface area contributed by atoms with E-state index in [1.165, 1.54) is 6.21 Å². The molecular weight excluding hydrogens is 382 g/mol. The van der Waals surface area contributed by atoms with Gasteiger partial charge < -0.3 is 14.8 Å². The Bertz CT molecular complexity index is 913. The molecular formula is C23H25N3O4. The highest BCUT2D eigenvalue weighted by Crippen LogP contribution is 2.18. The van der Waals surface area contributed by atoms with Crippen LogP contribution in [-0.2, 0) is 9.59 Å². The van der Waals surface area contributed by atoms with Gasteiger partial charge in [-0.15, -0.1) is 6.42 Å². The van der Waals surface area contributed by atoms with Crippen LogP contribution in [0.2, 0.25) is 0 Å². The van der Waals surface area contributed by atoms with Crippen molar-refractivity contribution >= 4 is 23.7 Å². The van der Waals surface area contributed by atoms with Crippen LogP contribution < -0.4 is 20.2 Å². The second-order valence-electron chi connectivity index (χ2n) is 6.74. The Balaban J connectivity index is 1.96. The molecule has 0 aromatic heterocycles. The molecule has 0 fully saturated rings. The van der Waals surface area contributed by atoms with Gasteiger partial charge in [0.1, 0.15) is 24.0 Å². The zero-order valence-electron chi connectivity index (χ0n) is 17.2. The number of hydrogen-bond donors (Lipinski definition) is 2. The molecule has 0 radical (unpaired) electrons. The van der Waals surface area contributed by atoms with Gasteiger partial charge in [0.25, 0.3) is 5.91 Å². The Labute approximate surface area is 176 Å². The van der Waals surface area contributed by atoms with Crippen LogP contribution in [0.5, 0.6) is 11.5 Å². The van der Waals surface area contributed by atoms with Gasteiger partial charge in [-0.3, -0.25) is 9.59 Å². The Morgan fingerprint density at radius 1 is 1.07 bits per heavy atom. The van der Waals surface area contributed by atoms with E-state index < -0.39 is 17.7 Å². The molecule has 30 heavy (non-hydrogen) atoms. The van der Waals surface area contributed by atoms with Crippen LogP contribution in [0, 0.1) is 24.2 Å². The fourth-order valence-corrected chi connectivity index (χ4v) is 2.63. The van der Waals surface area contributed by atoms with Crippen LogP contribution in [-0.4, -0.2) is 31.7 Å². The summed E-state index contributed by atoms with van der Waals surface area (Å²) in [5, 5.41) is 6.71. The van der Waals surface area contributed by atoms with E-state index in [9.17, 15) is 9.59 Å². The van der Waals surface area contributed by atoms with E-state index in [2.05, 4.69) is 21.8 Å². The summed E-state index contributed by atoms with van der Waals surface area (Å²) in [5.41, 5.74) is 3.77. The third-order valence-corrected chi connectivity index (χ3v) is 4.18. The number of nitrogens with zero attached hydrogens (tertiary/aromatic N) is 1. The van der Waals surface area contributed by atoms with E-state index in [4.69, 9.17) is 15.9 Å². The number of rotatable bonds is 9. The zero-order valence-corrected chi connectivity index (χ0v) is 17.2. The number of nitrogens with one attached hydrogen (secondary N) is 2. The predicted molar refractivity (Wildman–Crippen MR) is 116 cm³/mol. The number of carbonyl (C=O) groups excluding carboxylic acids is 2. The fraction of sp³-hybridized carbons (Fsp3) is 0.261.